The summed E-state index contributed by atoms with van der Waals surface area (Å²) in [5.74, 6) is -0.0591. The van der Waals surface area contributed by atoms with Crippen molar-refractivity contribution in [3.05, 3.63) is 29.3 Å². The average molecular weight is 276 g/mol. The number of carbonyl (C=O) groups is 1. The van der Waals surface area contributed by atoms with E-state index in [2.05, 4.69) is 10.6 Å². The first kappa shape index (κ1) is 14.9. The Morgan fingerprint density at radius 1 is 1.50 bits per heavy atom. The van der Waals surface area contributed by atoms with Gasteiger partial charge in [0.25, 0.3) is 5.91 Å². The molecule has 0 bridgehead atoms. The Balaban J connectivity index is 2.13. The number of amides is 1. The molecule has 1 amide bonds. The second-order valence-electron chi connectivity index (χ2n) is 5.74. The minimum atomic E-state index is -0.347. The fourth-order valence-corrected chi connectivity index (χ4v) is 2.54. The Bertz CT molecular complexity index is 487. The van der Waals surface area contributed by atoms with Gasteiger partial charge in [0.1, 0.15) is 0 Å². The molecule has 1 aromatic rings. The van der Waals surface area contributed by atoms with Crippen molar-refractivity contribution in [2.75, 3.05) is 18.5 Å². The molecule has 1 unspecified atom stereocenters. The maximum atomic E-state index is 12.4. The third-order valence-electron chi connectivity index (χ3n) is 4.16. The van der Waals surface area contributed by atoms with Crippen LogP contribution < -0.4 is 10.6 Å². The summed E-state index contributed by atoms with van der Waals surface area (Å²) >= 11 is 0. The van der Waals surface area contributed by atoms with Crippen molar-refractivity contribution >= 4 is 11.6 Å². The van der Waals surface area contributed by atoms with Gasteiger partial charge < -0.3 is 15.7 Å². The fourth-order valence-electron chi connectivity index (χ4n) is 2.54. The van der Waals surface area contributed by atoms with Crippen molar-refractivity contribution < 1.29 is 9.90 Å². The normalized spacial score (nSPS) is 16.8. The Hall–Kier alpha value is -1.55. The molecule has 20 heavy (non-hydrogen) atoms. The average Bonchev–Trinajstić information content (AvgIpc) is 2.47. The zero-order valence-corrected chi connectivity index (χ0v) is 12.3. The fraction of sp³-hybridized carbons (Fsp3) is 0.562. The number of anilines is 1. The second-order valence-corrected chi connectivity index (χ2v) is 5.74. The Labute approximate surface area is 120 Å². The largest absolute Gasteiger partial charge is 0.396 e. The molecule has 0 radical (unpaired) electrons. The first-order valence-corrected chi connectivity index (χ1v) is 7.38. The van der Waals surface area contributed by atoms with Crippen molar-refractivity contribution in [3.63, 3.8) is 0 Å². The highest BCUT2D eigenvalue weighted by Crippen LogP contribution is 2.23. The monoisotopic (exact) mass is 276 g/mol. The van der Waals surface area contributed by atoms with Crippen LogP contribution in [0.5, 0.6) is 0 Å². The summed E-state index contributed by atoms with van der Waals surface area (Å²) in [6, 6.07) is 5.83. The van der Waals surface area contributed by atoms with Crippen LogP contribution in [0.3, 0.4) is 0 Å². The van der Waals surface area contributed by atoms with Crippen molar-refractivity contribution in [2.24, 2.45) is 0 Å². The molecule has 0 aliphatic carbocycles. The molecule has 0 spiro atoms. The summed E-state index contributed by atoms with van der Waals surface area (Å²) in [6.07, 6.45) is 3.49. The SMILES string of the molecule is CCC(C)(CCO)NC(=O)c1ccc2c(c1)CCCN2. The van der Waals surface area contributed by atoms with E-state index in [1.807, 2.05) is 32.0 Å². The molecule has 1 atom stereocenters. The summed E-state index contributed by atoms with van der Waals surface area (Å²) < 4.78 is 0. The van der Waals surface area contributed by atoms with E-state index < -0.39 is 0 Å². The zero-order chi connectivity index (χ0) is 14.6. The number of hydrogen-bond acceptors (Lipinski definition) is 3. The summed E-state index contributed by atoms with van der Waals surface area (Å²) in [7, 11) is 0. The number of rotatable bonds is 5. The number of aryl methyl sites for hydroxylation is 1. The molecule has 1 aliphatic rings. The van der Waals surface area contributed by atoms with Crippen molar-refractivity contribution in [1.82, 2.24) is 5.32 Å². The molecule has 0 fully saturated rings. The van der Waals surface area contributed by atoms with Gasteiger partial charge in [0.15, 0.2) is 0 Å². The number of aliphatic hydroxyl groups excluding tert-OH is 1. The molecule has 0 saturated heterocycles. The Morgan fingerprint density at radius 3 is 3.00 bits per heavy atom. The second kappa shape index (κ2) is 6.27. The molecule has 1 aliphatic heterocycles. The summed E-state index contributed by atoms with van der Waals surface area (Å²) in [6.45, 7) is 5.08. The van der Waals surface area contributed by atoms with Crippen LogP contribution in [0.1, 0.15) is 49.0 Å². The third-order valence-corrected chi connectivity index (χ3v) is 4.16. The van der Waals surface area contributed by atoms with Crippen LogP contribution >= 0.6 is 0 Å². The van der Waals surface area contributed by atoms with E-state index in [0.29, 0.717) is 12.0 Å². The maximum absolute atomic E-state index is 12.4. The molecule has 110 valence electrons. The molecule has 1 aromatic carbocycles. The Morgan fingerprint density at radius 2 is 2.30 bits per heavy atom. The van der Waals surface area contributed by atoms with Gasteiger partial charge >= 0.3 is 0 Å². The predicted octanol–water partition coefficient (Wildman–Crippen LogP) is 2.33. The van der Waals surface area contributed by atoms with Crippen LogP contribution in [0.2, 0.25) is 0 Å². The van der Waals surface area contributed by atoms with Gasteiger partial charge in [0.05, 0.1) is 0 Å². The van der Waals surface area contributed by atoms with Crippen LogP contribution in [-0.4, -0.2) is 29.7 Å². The highest BCUT2D eigenvalue weighted by molar-refractivity contribution is 5.95. The summed E-state index contributed by atoms with van der Waals surface area (Å²) in [4.78, 5) is 12.4. The molecule has 1 heterocycles. The van der Waals surface area contributed by atoms with Gasteiger partial charge in [-0.05, 0) is 56.4 Å². The lowest BCUT2D eigenvalue weighted by atomic mass is 9.94. The van der Waals surface area contributed by atoms with Crippen LogP contribution in [-0.2, 0) is 6.42 Å². The van der Waals surface area contributed by atoms with Gasteiger partial charge in [-0.1, -0.05) is 6.92 Å². The number of carbonyl (C=O) groups excluding carboxylic acids is 1. The van der Waals surface area contributed by atoms with E-state index in [9.17, 15) is 4.79 Å². The number of fused-ring (bicyclic) bond motifs is 1. The van der Waals surface area contributed by atoms with Gasteiger partial charge in [-0.3, -0.25) is 4.79 Å². The lowest BCUT2D eigenvalue weighted by Gasteiger charge is -2.29. The lowest BCUT2D eigenvalue weighted by molar-refractivity contribution is 0.0886. The number of benzene rings is 1. The van der Waals surface area contributed by atoms with Gasteiger partial charge in [-0.2, -0.15) is 0 Å². The Kier molecular flexibility index (Phi) is 4.65. The van der Waals surface area contributed by atoms with E-state index in [0.717, 1.165) is 31.5 Å². The van der Waals surface area contributed by atoms with E-state index >= 15 is 0 Å². The number of nitrogens with one attached hydrogen (secondary N) is 2. The predicted molar refractivity (Wildman–Crippen MR) is 81.1 cm³/mol. The molecule has 0 saturated carbocycles. The van der Waals surface area contributed by atoms with Crippen LogP contribution in [0.15, 0.2) is 18.2 Å². The minimum absolute atomic E-state index is 0.0591. The molecule has 0 aromatic heterocycles. The lowest BCUT2D eigenvalue weighted by Crippen LogP contribution is -2.46. The van der Waals surface area contributed by atoms with Crippen molar-refractivity contribution in [1.29, 1.82) is 0 Å². The van der Waals surface area contributed by atoms with Crippen LogP contribution in [0, 0.1) is 0 Å². The molecule has 2 rings (SSSR count). The number of hydrogen-bond donors (Lipinski definition) is 3. The molecular weight excluding hydrogens is 252 g/mol. The smallest absolute Gasteiger partial charge is 0.251 e. The third kappa shape index (κ3) is 3.31. The highest BCUT2D eigenvalue weighted by atomic mass is 16.3. The zero-order valence-electron chi connectivity index (χ0n) is 12.3. The van der Waals surface area contributed by atoms with E-state index in [1.165, 1.54) is 5.56 Å². The van der Waals surface area contributed by atoms with Gasteiger partial charge in [-0.25, -0.2) is 0 Å². The van der Waals surface area contributed by atoms with E-state index in [1.54, 1.807) is 0 Å². The summed E-state index contributed by atoms with van der Waals surface area (Å²) in [5.41, 5.74) is 2.70. The van der Waals surface area contributed by atoms with Gasteiger partial charge in [-0.15, -0.1) is 0 Å². The quantitative estimate of drug-likeness (QED) is 0.773. The number of aliphatic hydroxyl groups is 1. The maximum Gasteiger partial charge on any atom is 0.251 e. The van der Waals surface area contributed by atoms with Crippen molar-refractivity contribution in [3.8, 4) is 0 Å². The molecule has 3 N–H and O–H groups in total. The summed E-state index contributed by atoms with van der Waals surface area (Å²) in [5, 5.41) is 15.5. The highest BCUT2D eigenvalue weighted by Gasteiger charge is 2.24. The first-order valence-electron chi connectivity index (χ1n) is 7.38. The van der Waals surface area contributed by atoms with Crippen LogP contribution in [0.4, 0.5) is 5.69 Å². The first-order chi connectivity index (χ1) is 9.58. The molecular formula is C16H24N2O2. The van der Waals surface area contributed by atoms with Gasteiger partial charge in [0.2, 0.25) is 0 Å². The van der Waals surface area contributed by atoms with E-state index in [-0.39, 0.29) is 18.1 Å². The molecule has 4 heteroatoms. The van der Waals surface area contributed by atoms with Crippen LogP contribution in [0.25, 0.3) is 0 Å². The molecule has 4 nitrogen and oxygen atoms in total. The minimum Gasteiger partial charge on any atom is -0.396 e. The van der Waals surface area contributed by atoms with E-state index in [4.69, 9.17) is 5.11 Å². The topological polar surface area (TPSA) is 61.4 Å². The van der Waals surface area contributed by atoms with Crippen molar-refractivity contribution in [2.45, 2.75) is 45.1 Å². The van der Waals surface area contributed by atoms with Gasteiger partial charge in [0, 0.05) is 29.9 Å². The standard InChI is InChI=1S/C16H24N2O2/c1-3-16(2,8-10-19)18-15(20)13-6-7-14-12(11-13)5-4-9-17-14/h6-7,11,17,19H,3-5,8-10H2,1-2H3,(H,18,20).